The molecular formula is C14H18O5S. The molecule has 1 aromatic rings. The van der Waals surface area contributed by atoms with Gasteiger partial charge in [-0.15, -0.1) is 12.6 Å². The molecule has 0 amide bonds. The van der Waals surface area contributed by atoms with Crippen LogP contribution >= 0.6 is 12.6 Å². The van der Waals surface area contributed by atoms with Gasteiger partial charge >= 0.3 is 5.97 Å². The second-order valence-electron chi connectivity index (χ2n) is 4.22. The van der Waals surface area contributed by atoms with E-state index in [2.05, 4.69) is 12.6 Å². The molecule has 0 aromatic heterocycles. The summed E-state index contributed by atoms with van der Waals surface area (Å²) in [6, 6.07) is 4.82. The highest BCUT2D eigenvalue weighted by Gasteiger charge is 2.43. The maximum Gasteiger partial charge on any atom is 0.324 e. The Hall–Kier alpha value is -1.69. The van der Waals surface area contributed by atoms with Gasteiger partial charge in [0.2, 0.25) is 5.12 Å². The Balaban J connectivity index is 3.36. The van der Waals surface area contributed by atoms with Gasteiger partial charge in [-0.05, 0) is 31.5 Å². The maximum atomic E-state index is 12.1. The molecule has 0 saturated carbocycles. The van der Waals surface area contributed by atoms with Crippen LogP contribution in [0.25, 0.3) is 0 Å². The smallest absolute Gasteiger partial charge is 0.324 e. The minimum Gasteiger partial charge on any atom is -0.493 e. The highest BCUT2D eigenvalue weighted by molar-refractivity contribution is 7.96. The summed E-state index contributed by atoms with van der Waals surface area (Å²) in [5.74, 6) is 0.288. The third kappa shape index (κ3) is 2.90. The first-order valence-electron chi connectivity index (χ1n) is 6.04. The van der Waals surface area contributed by atoms with E-state index in [0.29, 0.717) is 17.1 Å². The van der Waals surface area contributed by atoms with Crippen LogP contribution in [0.3, 0.4) is 0 Å². The Morgan fingerprint density at radius 2 is 1.80 bits per heavy atom. The van der Waals surface area contributed by atoms with Crippen molar-refractivity contribution >= 4 is 23.7 Å². The SMILES string of the molecule is CCOC(=O)C(C)(C(=O)S)c1ccc(OC)c(OC)c1. The van der Waals surface area contributed by atoms with Gasteiger partial charge in [0.15, 0.2) is 16.9 Å². The fraction of sp³-hybridized carbons (Fsp3) is 0.429. The van der Waals surface area contributed by atoms with Crippen LogP contribution in [0.5, 0.6) is 11.5 Å². The number of benzene rings is 1. The summed E-state index contributed by atoms with van der Waals surface area (Å²) >= 11 is 3.82. The molecule has 20 heavy (non-hydrogen) atoms. The molecule has 6 heteroatoms. The van der Waals surface area contributed by atoms with Crippen molar-refractivity contribution < 1.29 is 23.8 Å². The first-order valence-corrected chi connectivity index (χ1v) is 6.49. The molecule has 0 spiro atoms. The fourth-order valence-corrected chi connectivity index (χ4v) is 1.97. The van der Waals surface area contributed by atoms with Crippen molar-refractivity contribution in [1.29, 1.82) is 0 Å². The highest BCUT2D eigenvalue weighted by Crippen LogP contribution is 2.35. The summed E-state index contributed by atoms with van der Waals surface area (Å²) in [5, 5.41) is -0.594. The number of carbonyl (C=O) groups excluding carboxylic acids is 2. The number of methoxy groups -OCH3 is 2. The van der Waals surface area contributed by atoms with E-state index in [4.69, 9.17) is 14.2 Å². The Bertz CT molecular complexity index is 514. The van der Waals surface area contributed by atoms with Crippen LogP contribution < -0.4 is 9.47 Å². The van der Waals surface area contributed by atoms with Gasteiger partial charge in [0.05, 0.1) is 20.8 Å². The fourth-order valence-electron chi connectivity index (χ4n) is 1.75. The second kappa shape index (κ2) is 6.65. The first kappa shape index (κ1) is 16.4. The first-order chi connectivity index (χ1) is 9.41. The van der Waals surface area contributed by atoms with Gasteiger partial charge in [0, 0.05) is 0 Å². The number of esters is 1. The van der Waals surface area contributed by atoms with E-state index in [9.17, 15) is 9.59 Å². The molecule has 0 N–H and O–H groups in total. The quantitative estimate of drug-likeness (QED) is 0.494. The largest absolute Gasteiger partial charge is 0.493 e. The van der Waals surface area contributed by atoms with Gasteiger partial charge in [-0.1, -0.05) is 6.07 Å². The van der Waals surface area contributed by atoms with Gasteiger partial charge in [0.1, 0.15) is 0 Å². The molecule has 0 radical (unpaired) electrons. The lowest BCUT2D eigenvalue weighted by molar-refractivity contribution is -0.151. The van der Waals surface area contributed by atoms with E-state index in [1.807, 2.05) is 0 Å². The zero-order valence-electron chi connectivity index (χ0n) is 11.9. The Labute approximate surface area is 123 Å². The number of hydrogen-bond donors (Lipinski definition) is 1. The second-order valence-corrected chi connectivity index (χ2v) is 4.63. The zero-order valence-corrected chi connectivity index (χ0v) is 12.8. The van der Waals surface area contributed by atoms with Crippen molar-refractivity contribution in [2.75, 3.05) is 20.8 Å². The minimum absolute atomic E-state index is 0.183. The molecule has 0 bridgehead atoms. The standard InChI is InChI=1S/C14H18O5S/c1-5-19-12(15)14(2,13(16)20)9-6-7-10(17-3)11(8-9)18-4/h6-8H,5H2,1-4H3,(H,16,20). The number of hydrogen-bond acceptors (Lipinski definition) is 5. The average Bonchev–Trinajstić information content (AvgIpc) is 2.45. The Morgan fingerprint density at radius 3 is 2.25 bits per heavy atom. The molecule has 0 heterocycles. The number of carbonyl (C=O) groups is 2. The lowest BCUT2D eigenvalue weighted by Crippen LogP contribution is -2.40. The van der Waals surface area contributed by atoms with Gasteiger partial charge in [-0.3, -0.25) is 9.59 Å². The molecule has 0 aliphatic heterocycles. The Kier molecular flexibility index (Phi) is 5.44. The maximum absolute atomic E-state index is 12.1. The van der Waals surface area contributed by atoms with E-state index < -0.39 is 16.5 Å². The van der Waals surface area contributed by atoms with E-state index in [1.54, 1.807) is 25.1 Å². The number of thiol groups is 1. The Morgan fingerprint density at radius 1 is 1.20 bits per heavy atom. The van der Waals surface area contributed by atoms with Gasteiger partial charge in [-0.2, -0.15) is 0 Å². The number of ether oxygens (including phenoxy) is 3. The van der Waals surface area contributed by atoms with E-state index >= 15 is 0 Å². The van der Waals surface area contributed by atoms with E-state index in [-0.39, 0.29) is 6.61 Å². The van der Waals surface area contributed by atoms with Gasteiger partial charge < -0.3 is 14.2 Å². The lowest BCUT2D eigenvalue weighted by atomic mass is 9.83. The van der Waals surface area contributed by atoms with Crippen LogP contribution in [0, 0.1) is 0 Å². The van der Waals surface area contributed by atoms with Crippen molar-refractivity contribution in [3.05, 3.63) is 23.8 Å². The minimum atomic E-state index is -1.49. The van der Waals surface area contributed by atoms with Crippen molar-refractivity contribution in [2.24, 2.45) is 0 Å². The topological polar surface area (TPSA) is 61.8 Å². The predicted molar refractivity (Wildman–Crippen MR) is 77.5 cm³/mol. The molecule has 1 aromatic carbocycles. The molecule has 1 atom stereocenters. The highest BCUT2D eigenvalue weighted by atomic mass is 32.1. The summed E-state index contributed by atoms with van der Waals surface area (Å²) in [6.45, 7) is 3.33. The van der Waals surface area contributed by atoms with Gasteiger partial charge in [-0.25, -0.2) is 0 Å². The molecule has 0 saturated heterocycles. The van der Waals surface area contributed by atoms with Crippen LogP contribution in [-0.2, 0) is 19.7 Å². The number of rotatable bonds is 6. The monoisotopic (exact) mass is 298 g/mol. The van der Waals surface area contributed by atoms with Gasteiger partial charge in [0.25, 0.3) is 0 Å². The normalized spacial score (nSPS) is 13.2. The lowest BCUT2D eigenvalue weighted by Gasteiger charge is -2.25. The summed E-state index contributed by atoms with van der Waals surface area (Å²) in [6.07, 6.45) is 0. The molecule has 0 fully saturated rings. The zero-order chi connectivity index (χ0) is 15.3. The van der Waals surface area contributed by atoms with Crippen molar-refractivity contribution in [3.63, 3.8) is 0 Å². The summed E-state index contributed by atoms with van der Waals surface area (Å²) in [4.78, 5) is 23.9. The van der Waals surface area contributed by atoms with Crippen molar-refractivity contribution in [2.45, 2.75) is 19.3 Å². The molecular weight excluding hydrogens is 280 g/mol. The summed E-state index contributed by atoms with van der Waals surface area (Å²) < 4.78 is 15.3. The van der Waals surface area contributed by atoms with Crippen molar-refractivity contribution in [1.82, 2.24) is 0 Å². The van der Waals surface area contributed by atoms with Crippen LogP contribution in [0.2, 0.25) is 0 Å². The van der Waals surface area contributed by atoms with E-state index in [0.717, 1.165) is 0 Å². The third-order valence-electron chi connectivity index (χ3n) is 3.07. The average molecular weight is 298 g/mol. The summed E-state index contributed by atoms with van der Waals surface area (Å²) in [5.41, 5.74) is -1.05. The van der Waals surface area contributed by atoms with Crippen LogP contribution in [-0.4, -0.2) is 31.9 Å². The summed E-state index contributed by atoms with van der Waals surface area (Å²) in [7, 11) is 2.98. The third-order valence-corrected chi connectivity index (χ3v) is 3.52. The molecule has 5 nitrogen and oxygen atoms in total. The van der Waals surface area contributed by atoms with E-state index in [1.165, 1.54) is 21.1 Å². The van der Waals surface area contributed by atoms with Crippen molar-refractivity contribution in [3.8, 4) is 11.5 Å². The molecule has 1 rings (SSSR count). The molecule has 1 unspecified atom stereocenters. The molecule has 0 aliphatic rings. The van der Waals surface area contributed by atoms with Crippen LogP contribution in [0.4, 0.5) is 0 Å². The van der Waals surface area contributed by atoms with Crippen LogP contribution in [0.1, 0.15) is 19.4 Å². The predicted octanol–water partition coefficient (Wildman–Crippen LogP) is 1.98. The molecule has 0 aliphatic carbocycles. The van der Waals surface area contributed by atoms with Crippen LogP contribution in [0.15, 0.2) is 18.2 Å². The molecule has 110 valence electrons.